The fourth-order valence-corrected chi connectivity index (χ4v) is 2.06. The maximum atomic E-state index is 13.6. The normalized spacial score (nSPS) is 10.4. The standard InChI is InChI=1S/C16H15F2NO/c1-3-11-6-4-5-10(2)15(11)19-16(20)13-8-7-12(17)9-14(13)18/h4-9H,3H2,1-2H3,(H,19,20). The fourth-order valence-electron chi connectivity index (χ4n) is 2.06. The average Bonchev–Trinajstić information content (AvgIpc) is 2.40. The van der Waals surface area contributed by atoms with E-state index in [0.29, 0.717) is 11.8 Å². The number of para-hydroxylation sites is 1. The van der Waals surface area contributed by atoms with Crippen molar-refractivity contribution in [2.24, 2.45) is 0 Å². The van der Waals surface area contributed by atoms with Crippen molar-refractivity contribution in [1.82, 2.24) is 0 Å². The third-order valence-corrected chi connectivity index (χ3v) is 3.15. The Morgan fingerprint density at radius 2 is 1.95 bits per heavy atom. The molecule has 1 amide bonds. The highest BCUT2D eigenvalue weighted by atomic mass is 19.1. The minimum atomic E-state index is -0.867. The van der Waals surface area contributed by atoms with E-state index in [4.69, 9.17) is 0 Å². The lowest BCUT2D eigenvalue weighted by Crippen LogP contribution is -2.16. The Balaban J connectivity index is 2.33. The molecular weight excluding hydrogens is 260 g/mol. The number of carbonyl (C=O) groups excluding carboxylic acids is 1. The summed E-state index contributed by atoms with van der Waals surface area (Å²) in [6, 6.07) is 8.59. The van der Waals surface area contributed by atoms with E-state index in [1.54, 1.807) is 0 Å². The van der Waals surface area contributed by atoms with Crippen molar-refractivity contribution < 1.29 is 13.6 Å². The summed E-state index contributed by atoms with van der Waals surface area (Å²) in [7, 11) is 0. The number of nitrogens with one attached hydrogen (secondary N) is 1. The van der Waals surface area contributed by atoms with Gasteiger partial charge in [-0.25, -0.2) is 8.78 Å². The Hall–Kier alpha value is -2.23. The average molecular weight is 275 g/mol. The molecule has 2 nitrogen and oxygen atoms in total. The lowest BCUT2D eigenvalue weighted by Gasteiger charge is -2.13. The van der Waals surface area contributed by atoms with Crippen molar-refractivity contribution in [3.05, 3.63) is 64.7 Å². The maximum Gasteiger partial charge on any atom is 0.258 e. The number of anilines is 1. The van der Waals surface area contributed by atoms with Gasteiger partial charge in [0.1, 0.15) is 11.6 Å². The summed E-state index contributed by atoms with van der Waals surface area (Å²) in [5, 5.41) is 2.70. The van der Waals surface area contributed by atoms with Crippen molar-refractivity contribution in [2.45, 2.75) is 20.3 Å². The van der Waals surface area contributed by atoms with Crippen molar-refractivity contribution in [1.29, 1.82) is 0 Å². The van der Waals surface area contributed by atoms with Gasteiger partial charge < -0.3 is 5.32 Å². The van der Waals surface area contributed by atoms with Crippen molar-refractivity contribution in [2.75, 3.05) is 5.32 Å². The number of aryl methyl sites for hydroxylation is 2. The van der Waals surface area contributed by atoms with E-state index in [1.807, 2.05) is 32.0 Å². The Morgan fingerprint density at radius 1 is 1.20 bits per heavy atom. The summed E-state index contributed by atoms with van der Waals surface area (Å²) in [5.41, 5.74) is 2.39. The van der Waals surface area contributed by atoms with Crippen molar-refractivity contribution in [3.8, 4) is 0 Å². The molecule has 2 aromatic rings. The molecule has 2 rings (SSSR count). The molecule has 0 atom stereocenters. The molecule has 1 N–H and O–H groups in total. The molecule has 0 radical (unpaired) electrons. The van der Waals surface area contributed by atoms with Gasteiger partial charge in [0.25, 0.3) is 5.91 Å². The number of amides is 1. The van der Waals surface area contributed by atoms with Gasteiger partial charge in [-0.2, -0.15) is 0 Å². The van der Waals surface area contributed by atoms with Crippen LogP contribution in [0.25, 0.3) is 0 Å². The molecule has 0 spiro atoms. The van der Waals surface area contributed by atoms with Gasteiger partial charge in [-0.1, -0.05) is 25.1 Å². The van der Waals surface area contributed by atoms with Crippen LogP contribution in [0.4, 0.5) is 14.5 Å². The summed E-state index contributed by atoms with van der Waals surface area (Å²) in [6.07, 6.45) is 0.753. The van der Waals surface area contributed by atoms with Gasteiger partial charge in [-0.05, 0) is 36.6 Å². The zero-order valence-corrected chi connectivity index (χ0v) is 11.3. The molecule has 104 valence electrons. The van der Waals surface area contributed by atoms with E-state index in [9.17, 15) is 13.6 Å². The van der Waals surface area contributed by atoms with Crippen LogP contribution < -0.4 is 5.32 Å². The van der Waals surface area contributed by atoms with E-state index >= 15 is 0 Å². The molecule has 0 aliphatic carbocycles. The first-order valence-corrected chi connectivity index (χ1v) is 6.37. The van der Waals surface area contributed by atoms with Gasteiger partial charge in [0.15, 0.2) is 0 Å². The first kappa shape index (κ1) is 14.2. The van der Waals surface area contributed by atoms with Crippen LogP contribution >= 0.6 is 0 Å². The highest BCUT2D eigenvalue weighted by Crippen LogP contribution is 2.22. The van der Waals surface area contributed by atoms with Crippen LogP contribution in [0.15, 0.2) is 36.4 Å². The second-order valence-electron chi connectivity index (χ2n) is 4.54. The highest BCUT2D eigenvalue weighted by Gasteiger charge is 2.14. The zero-order chi connectivity index (χ0) is 14.7. The van der Waals surface area contributed by atoms with Crippen LogP contribution in [-0.4, -0.2) is 5.91 Å². The summed E-state index contributed by atoms with van der Waals surface area (Å²) < 4.78 is 26.4. The Morgan fingerprint density at radius 3 is 2.60 bits per heavy atom. The predicted octanol–water partition coefficient (Wildman–Crippen LogP) is 4.09. The van der Waals surface area contributed by atoms with Gasteiger partial charge in [-0.3, -0.25) is 4.79 Å². The van der Waals surface area contributed by atoms with Crippen LogP contribution in [0.5, 0.6) is 0 Å². The van der Waals surface area contributed by atoms with Gasteiger partial charge in [-0.15, -0.1) is 0 Å². The predicted molar refractivity (Wildman–Crippen MR) is 74.9 cm³/mol. The number of hydrogen-bond donors (Lipinski definition) is 1. The minimum Gasteiger partial charge on any atom is -0.321 e. The van der Waals surface area contributed by atoms with Crippen molar-refractivity contribution >= 4 is 11.6 Å². The number of rotatable bonds is 3. The lowest BCUT2D eigenvalue weighted by atomic mass is 10.1. The SMILES string of the molecule is CCc1cccc(C)c1NC(=O)c1ccc(F)cc1F. The number of carbonyl (C=O) groups is 1. The fraction of sp³-hybridized carbons (Fsp3) is 0.188. The third-order valence-electron chi connectivity index (χ3n) is 3.15. The van der Waals surface area contributed by atoms with Gasteiger partial charge >= 0.3 is 0 Å². The summed E-state index contributed by atoms with van der Waals surface area (Å²) >= 11 is 0. The molecule has 2 aromatic carbocycles. The molecule has 0 bridgehead atoms. The van der Waals surface area contributed by atoms with E-state index < -0.39 is 17.5 Å². The highest BCUT2D eigenvalue weighted by molar-refractivity contribution is 6.05. The minimum absolute atomic E-state index is 0.170. The van der Waals surface area contributed by atoms with Crippen LogP contribution in [0.3, 0.4) is 0 Å². The molecule has 0 saturated carbocycles. The molecule has 0 aliphatic rings. The first-order valence-electron chi connectivity index (χ1n) is 6.37. The molecule has 0 fully saturated rings. The monoisotopic (exact) mass is 275 g/mol. The van der Waals surface area contributed by atoms with E-state index in [2.05, 4.69) is 5.32 Å². The molecule has 0 heterocycles. The molecule has 0 saturated heterocycles. The Kier molecular flexibility index (Phi) is 4.13. The van der Waals surface area contributed by atoms with Gasteiger partial charge in [0.2, 0.25) is 0 Å². The topological polar surface area (TPSA) is 29.1 Å². The molecule has 0 aliphatic heterocycles. The maximum absolute atomic E-state index is 13.6. The van der Waals surface area contributed by atoms with E-state index in [-0.39, 0.29) is 5.56 Å². The number of benzene rings is 2. The van der Waals surface area contributed by atoms with Crippen LogP contribution in [-0.2, 0) is 6.42 Å². The number of halogens is 2. The summed E-state index contributed by atoms with van der Waals surface area (Å²) in [6.45, 7) is 3.85. The zero-order valence-electron chi connectivity index (χ0n) is 11.3. The molecule has 0 unspecified atom stereocenters. The molecule has 4 heteroatoms. The van der Waals surface area contributed by atoms with Crippen LogP contribution in [0.2, 0.25) is 0 Å². The molecule has 0 aromatic heterocycles. The van der Waals surface area contributed by atoms with E-state index in [1.165, 1.54) is 0 Å². The van der Waals surface area contributed by atoms with Gasteiger partial charge in [0.05, 0.1) is 5.56 Å². The van der Waals surface area contributed by atoms with Crippen LogP contribution in [0.1, 0.15) is 28.4 Å². The first-order chi connectivity index (χ1) is 9.52. The van der Waals surface area contributed by atoms with Gasteiger partial charge in [0, 0.05) is 11.8 Å². The van der Waals surface area contributed by atoms with E-state index in [0.717, 1.165) is 29.7 Å². The summed E-state index contributed by atoms with van der Waals surface area (Å²) in [5.74, 6) is -2.15. The van der Waals surface area contributed by atoms with Crippen LogP contribution in [0, 0.1) is 18.6 Å². The third kappa shape index (κ3) is 2.85. The Bertz CT molecular complexity index is 653. The summed E-state index contributed by atoms with van der Waals surface area (Å²) in [4.78, 5) is 12.1. The number of hydrogen-bond acceptors (Lipinski definition) is 1. The quantitative estimate of drug-likeness (QED) is 0.898. The molecular formula is C16H15F2NO. The van der Waals surface area contributed by atoms with Crippen molar-refractivity contribution in [3.63, 3.8) is 0 Å². The second-order valence-corrected chi connectivity index (χ2v) is 4.54. The lowest BCUT2D eigenvalue weighted by molar-refractivity contribution is 0.102. The largest absolute Gasteiger partial charge is 0.321 e. The second kappa shape index (κ2) is 5.82. The Labute approximate surface area is 116 Å². The molecule has 20 heavy (non-hydrogen) atoms. The smallest absolute Gasteiger partial charge is 0.258 e.